The van der Waals surface area contributed by atoms with Gasteiger partial charge in [-0.25, -0.2) is 4.79 Å². The van der Waals surface area contributed by atoms with Crippen molar-refractivity contribution in [1.82, 2.24) is 0 Å². The Bertz CT molecular complexity index is 909. The zero-order chi connectivity index (χ0) is 17.3. The molecule has 1 aromatic heterocycles. The maximum absolute atomic E-state index is 12.3. The Hall–Kier alpha value is -3.15. The summed E-state index contributed by atoms with van der Waals surface area (Å²) >= 11 is 0. The van der Waals surface area contributed by atoms with E-state index in [0.29, 0.717) is 33.6 Å². The topological polar surface area (TPSA) is 78.1 Å². The Morgan fingerprint density at radius 3 is 2.50 bits per heavy atom. The van der Waals surface area contributed by atoms with Crippen molar-refractivity contribution in [3.63, 3.8) is 0 Å². The first-order valence-corrected chi connectivity index (χ1v) is 7.15. The number of phenolic OH excluding ortho intramolecular Hbond substituents is 1. The number of carbonyl (C=O) groups is 1. The first-order valence-electron chi connectivity index (χ1n) is 7.15. The molecule has 0 bridgehead atoms. The Morgan fingerprint density at radius 1 is 1.04 bits per heavy atom. The number of ether oxygens (including phenoxy) is 3. The van der Waals surface area contributed by atoms with Crippen molar-refractivity contribution in [2.45, 2.75) is 0 Å². The number of methoxy groups -OCH3 is 3. The summed E-state index contributed by atoms with van der Waals surface area (Å²) < 4.78 is 21.1. The van der Waals surface area contributed by atoms with Crippen LogP contribution in [0.1, 0.15) is 10.4 Å². The first kappa shape index (κ1) is 15.7. The van der Waals surface area contributed by atoms with Crippen LogP contribution in [0.4, 0.5) is 0 Å². The molecule has 0 fully saturated rings. The van der Waals surface area contributed by atoms with Crippen molar-refractivity contribution >= 4 is 16.9 Å². The van der Waals surface area contributed by atoms with Crippen LogP contribution in [0.5, 0.6) is 17.2 Å². The Kier molecular flexibility index (Phi) is 4.04. The number of aromatic hydroxyl groups is 1. The highest BCUT2D eigenvalue weighted by molar-refractivity contribution is 6.09. The number of benzene rings is 2. The average molecular weight is 328 g/mol. The highest BCUT2D eigenvalue weighted by Gasteiger charge is 2.23. The second-order valence-electron chi connectivity index (χ2n) is 5.05. The Labute approximate surface area is 138 Å². The highest BCUT2D eigenvalue weighted by Crippen LogP contribution is 2.38. The minimum absolute atomic E-state index is 0.00125. The van der Waals surface area contributed by atoms with Gasteiger partial charge in [-0.05, 0) is 30.3 Å². The lowest BCUT2D eigenvalue weighted by Gasteiger charge is -2.06. The van der Waals surface area contributed by atoms with Crippen molar-refractivity contribution in [3.8, 4) is 28.6 Å². The van der Waals surface area contributed by atoms with Crippen molar-refractivity contribution in [2.75, 3.05) is 21.3 Å². The molecule has 0 saturated carbocycles. The molecule has 1 N–H and O–H groups in total. The normalized spacial score (nSPS) is 10.6. The fraction of sp³-hybridized carbons (Fsp3) is 0.167. The van der Waals surface area contributed by atoms with Crippen LogP contribution in [0.15, 0.2) is 40.8 Å². The molecular weight excluding hydrogens is 312 g/mol. The molecule has 0 amide bonds. The predicted octanol–water partition coefficient (Wildman–Crippen LogP) is 3.61. The number of carbonyl (C=O) groups excluding carboxylic acids is 1. The van der Waals surface area contributed by atoms with Crippen LogP contribution in [0.3, 0.4) is 0 Å². The minimum Gasteiger partial charge on any atom is -0.504 e. The standard InChI is InChI=1S/C18H16O6/c1-21-11-5-6-12-14(9-11)24-17(16(12)18(20)23-3)10-4-7-13(19)15(8-10)22-2/h4-9,19H,1-3H3. The summed E-state index contributed by atoms with van der Waals surface area (Å²) in [4.78, 5) is 12.3. The monoisotopic (exact) mass is 328 g/mol. The van der Waals surface area contributed by atoms with Crippen molar-refractivity contribution in [1.29, 1.82) is 0 Å². The lowest BCUT2D eigenvalue weighted by molar-refractivity contribution is 0.0603. The first-order chi connectivity index (χ1) is 11.6. The molecule has 0 aliphatic rings. The van der Waals surface area contributed by atoms with Crippen LogP contribution in [0.25, 0.3) is 22.3 Å². The van der Waals surface area contributed by atoms with E-state index in [1.807, 2.05) is 0 Å². The number of esters is 1. The van der Waals surface area contributed by atoms with Gasteiger partial charge in [0.05, 0.1) is 21.3 Å². The van der Waals surface area contributed by atoms with Crippen LogP contribution in [0, 0.1) is 0 Å². The summed E-state index contributed by atoms with van der Waals surface area (Å²) in [5, 5.41) is 10.4. The Balaban J connectivity index is 2.28. The molecule has 0 unspecified atom stereocenters. The van der Waals surface area contributed by atoms with E-state index in [0.717, 1.165) is 0 Å². The zero-order valence-corrected chi connectivity index (χ0v) is 13.5. The van der Waals surface area contributed by atoms with Gasteiger partial charge in [0.1, 0.15) is 22.7 Å². The molecule has 0 saturated heterocycles. The molecular formula is C18H16O6. The number of phenols is 1. The fourth-order valence-corrected chi connectivity index (χ4v) is 2.53. The quantitative estimate of drug-likeness (QED) is 0.737. The van der Waals surface area contributed by atoms with E-state index >= 15 is 0 Å². The maximum atomic E-state index is 12.3. The van der Waals surface area contributed by atoms with Crippen LogP contribution in [-0.2, 0) is 4.74 Å². The predicted molar refractivity (Wildman–Crippen MR) is 87.8 cm³/mol. The number of fused-ring (bicyclic) bond motifs is 1. The van der Waals surface area contributed by atoms with E-state index in [1.165, 1.54) is 20.3 Å². The van der Waals surface area contributed by atoms with Crippen LogP contribution in [0.2, 0.25) is 0 Å². The van der Waals surface area contributed by atoms with Crippen molar-refractivity contribution in [2.24, 2.45) is 0 Å². The maximum Gasteiger partial charge on any atom is 0.342 e. The molecule has 0 aliphatic carbocycles. The highest BCUT2D eigenvalue weighted by atomic mass is 16.5. The molecule has 1 heterocycles. The van der Waals surface area contributed by atoms with Gasteiger partial charge in [0, 0.05) is 17.0 Å². The second-order valence-corrected chi connectivity index (χ2v) is 5.05. The molecule has 3 aromatic rings. The fourth-order valence-electron chi connectivity index (χ4n) is 2.53. The third-order valence-electron chi connectivity index (χ3n) is 3.73. The van der Waals surface area contributed by atoms with Gasteiger partial charge in [-0.15, -0.1) is 0 Å². The molecule has 3 rings (SSSR count). The molecule has 0 atom stereocenters. The smallest absolute Gasteiger partial charge is 0.342 e. The molecule has 0 radical (unpaired) electrons. The van der Waals surface area contributed by atoms with Gasteiger partial charge >= 0.3 is 5.97 Å². The number of hydrogen-bond donors (Lipinski definition) is 1. The van der Waals surface area contributed by atoms with Gasteiger partial charge in [-0.2, -0.15) is 0 Å². The second kappa shape index (κ2) is 6.16. The lowest BCUT2D eigenvalue weighted by atomic mass is 10.0. The zero-order valence-electron chi connectivity index (χ0n) is 13.5. The number of rotatable bonds is 4. The van der Waals surface area contributed by atoms with Crippen molar-refractivity contribution < 1.29 is 28.5 Å². The van der Waals surface area contributed by atoms with Gasteiger partial charge < -0.3 is 23.7 Å². The van der Waals surface area contributed by atoms with E-state index in [9.17, 15) is 9.90 Å². The van der Waals surface area contributed by atoms with Crippen LogP contribution < -0.4 is 9.47 Å². The van der Waals surface area contributed by atoms with Gasteiger partial charge in [0.15, 0.2) is 11.5 Å². The van der Waals surface area contributed by atoms with Crippen LogP contribution >= 0.6 is 0 Å². The summed E-state index contributed by atoms with van der Waals surface area (Å²) in [7, 11) is 4.31. The molecule has 124 valence electrons. The SMILES string of the molecule is COC(=O)c1c(-c2ccc(O)c(OC)c2)oc2cc(OC)ccc12. The molecule has 2 aromatic carbocycles. The van der Waals surface area contributed by atoms with E-state index in [-0.39, 0.29) is 11.5 Å². The third kappa shape index (κ3) is 2.52. The van der Waals surface area contributed by atoms with E-state index in [1.54, 1.807) is 37.4 Å². The van der Waals surface area contributed by atoms with Gasteiger partial charge in [-0.1, -0.05) is 0 Å². The van der Waals surface area contributed by atoms with Crippen LogP contribution in [-0.4, -0.2) is 32.4 Å². The summed E-state index contributed by atoms with van der Waals surface area (Å²) in [5.74, 6) is 0.715. The van der Waals surface area contributed by atoms with Crippen molar-refractivity contribution in [3.05, 3.63) is 42.0 Å². The van der Waals surface area contributed by atoms with Gasteiger partial charge in [-0.3, -0.25) is 0 Å². The largest absolute Gasteiger partial charge is 0.504 e. The summed E-state index contributed by atoms with van der Waals surface area (Å²) in [6.45, 7) is 0. The molecule has 6 heteroatoms. The summed E-state index contributed by atoms with van der Waals surface area (Å²) in [5.41, 5.74) is 1.39. The summed E-state index contributed by atoms with van der Waals surface area (Å²) in [6, 6.07) is 9.89. The summed E-state index contributed by atoms with van der Waals surface area (Å²) in [6.07, 6.45) is 0. The minimum atomic E-state index is -0.513. The molecule has 0 spiro atoms. The van der Waals surface area contributed by atoms with E-state index < -0.39 is 5.97 Å². The van der Waals surface area contributed by atoms with E-state index in [4.69, 9.17) is 18.6 Å². The molecule has 24 heavy (non-hydrogen) atoms. The lowest BCUT2D eigenvalue weighted by Crippen LogP contribution is -2.02. The Morgan fingerprint density at radius 2 is 1.83 bits per heavy atom. The van der Waals surface area contributed by atoms with Gasteiger partial charge in [0.25, 0.3) is 0 Å². The average Bonchev–Trinajstić information content (AvgIpc) is 2.99. The number of furan rings is 1. The third-order valence-corrected chi connectivity index (χ3v) is 3.73. The van der Waals surface area contributed by atoms with E-state index in [2.05, 4.69) is 0 Å². The molecule has 0 aliphatic heterocycles. The van der Waals surface area contributed by atoms with Gasteiger partial charge in [0.2, 0.25) is 0 Å². The number of hydrogen-bond acceptors (Lipinski definition) is 6. The molecule has 6 nitrogen and oxygen atoms in total.